The van der Waals surface area contributed by atoms with Crippen molar-refractivity contribution in [1.82, 2.24) is 4.90 Å². The zero-order valence-corrected chi connectivity index (χ0v) is 16.0. The van der Waals surface area contributed by atoms with Crippen LogP contribution in [0.15, 0.2) is 60.7 Å². The number of rotatable bonds is 3. The van der Waals surface area contributed by atoms with E-state index in [4.69, 9.17) is 10.5 Å². The van der Waals surface area contributed by atoms with E-state index in [2.05, 4.69) is 24.3 Å². The largest absolute Gasteiger partial charge is 0.448 e. The fourth-order valence-corrected chi connectivity index (χ4v) is 4.54. The Kier molecular flexibility index (Phi) is 4.25. The van der Waals surface area contributed by atoms with E-state index in [1.165, 1.54) is 22.3 Å². The van der Waals surface area contributed by atoms with Gasteiger partial charge in [0.25, 0.3) is 0 Å². The minimum Gasteiger partial charge on any atom is -0.448 e. The summed E-state index contributed by atoms with van der Waals surface area (Å²) in [5.41, 5.74) is 14.2. The summed E-state index contributed by atoms with van der Waals surface area (Å²) < 4.78 is 5.75. The quantitative estimate of drug-likeness (QED) is 0.667. The lowest BCUT2D eigenvalue weighted by molar-refractivity contribution is 0.0989. The minimum atomic E-state index is -0.355. The van der Waals surface area contributed by atoms with E-state index in [9.17, 15) is 9.90 Å². The van der Waals surface area contributed by atoms with Gasteiger partial charge in [-0.25, -0.2) is 4.79 Å². The molecular weight excluding hydrogens is 364 g/mol. The number of hydrogen-bond acceptors (Lipinski definition) is 4. The summed E-state index contributed by atoms with van der Waals surface area (Å²) in [4.78, 5) is 14.5. The van der Waals surface area contributed by atoms with Crippen molar-refractivity contribution >= 4 is 11.8 Å². The van der Waals surface area contributed by atoms with Crippen molar-refractivity contribution in [2.24, 2.45) is 0 Å². The molecule has 2 aliphatic rings. The van der Waals surface area contributed by atoms with Gasteiger partial charge in [0.2, 0.25) is 0 Å². The summed E-state index contributed by atoms with van der Waals surface area (Å²) in [6.07, 6.45) is -0.355. The molecule has 1 amide bonds. The maximum atomic E-state index is 12.8. The molecule has 0 bridgehead atoms. The summed E-state index contributed by atoms with van der Waals surface area (Å²) in [7, 11) is 0. The Hall–Kier alpha value is -3.31. The van der Waals surface area contributed by atoms with Crippen molar-refractivity contribution in [2.45, 2.75) is 25.6 Å². The van der Waals surface area contributed by atoms with Crippen LogP contribution in [-0.2, 0) is 24.4 Å². The van der Waals surface area contributed by atoms with E-state index in [1.807, 2.05) is 30.3 Å². The molecule has 3 aromatic rings. The molecule has 5 rings (SSSR count). The molecule has 29 heavy (non-hydrogen) atoms. The third kappa shape index (κ3) is 2.86. The summed E-state index contributed by atoms with van der Waals surface area (Å²) in [6, 6.07) is 20.2. The van der Waals surface area contributed by atoms with Gasteiger partial charge in [-0.2, -0.15) is 0 Å². The summed E-state index contributed by atoms with van der Waals surface area (Å²) in [5.74, 6) is 0.0365. The number of benzene rings is 3. The first-order valence-corrected chi connectivity index (χ1v) is 9.77. The monoisotopic (exact) mass is 386 g/mol. The number of hydrogen-bond donors (Lipinski definition) is 2. The minimum absolute atomic E-state index is 0.0365. The van der Waals surface area contributed by atoms with E-state index >= 15 is 0 Å². The van der Waals surface area contributed by atoms with Crippen LogP contribution in [0, 0.1) is 0 Å². The van der Waals surface area contributed by atoms with Crippen LogP contribution in [0.5, 0.6) is 0 Å². The molecule has 0 aromatic heterocycles. The topological polar surface area (TPSA) is 75.8 Å². The predicted octanol–water partition coefficient (Wildman–Crippen LogP) is 4.03. The van der Waals surface area contributed by atoms with E-state index in [1.54, 1.807) is 11.0 Å². The van der Waals surface area contributed by atoms with Crippen LogP contribution in [0.3, 0.4) is 0 Å². The lowest BCUT2D eigenvalue weighted by Crippen LogP contribution is -2.27. The fourth-order valence-electron chi connectivity index (χ4n) is 4.54. The number of nitrogen functional groups attached to an aromatic ring is 1. The van der Waals surface area contributed by atoms with Gasteiger partial charge < -0.3 is 15.6 Å². The molecule has 0 unspecified atom stereocenters. The normalized spacial score (nSPS) is 14.4. The summed E-state index contributed by atoms with van der Waals surface area (Å²) >= 11 is 0. The second-order valence-electron chi connectivity index (χ2n) is 7.59. The first-order chi connectivity index (χ1) is 14.2. The predicted molar refractivity (Wildman–Crippen MR) is 111 cm³/mol. The number of nitrogens with zero attached hydrogens (tertiary/aromatic N) is 1. The molecule has 1 aliphatic heterocycles. The van der Waals surface area contributed by atoms with Gasteiger partial charge in [0.15, 0.2) is 0 Å². The van der Waals surface area contributed by atoms with Gasteiger partial charge >= 0.3 is 6.09 Å². The van der Waals surface area contributed by atoms with E-state index < -0.39 is 0 Å². The number of amides is 1. The van der Waals surface area contributed by atoms with Crippen molar-refractivity contribution in [3.8, 4) is 11.1 Å². The summed E-state index contributed by atoms with van der Waals surface area (Å²) in [6.45, 7) is 1.04. The van der Waals surface area contributed by atoms with Gasteiger partial charge in [0.05, 0.1) is 19.7 Å². The highest BCUT2D eigenvalue weighted by atomic mass is 16.6. The molecule has 146 valence electrons. The lowest BCUT2D eigenvalue weighted by Gasteiger charge is -2.19. The van der Waals surface area contributed by atoms with Crippen LogP contribution in [0.25, 0.3) is 11.1 Å². The molecule has 3 N–H and O–H groups in total. The van der Waals surface area contributed by atoms with Crippen molar-refractivity contribution in [2.75, 3.05) is 12.3 Å². The van der Waals surface area contributed by atoms with Crippen LogP contribution in [0.4, 0.5) is 10.5 Å². The Balaban J connectivity index is 1.34. The second kappa shape index (κ2) is 6.94. The Morgan fingerprint density at radius 3 is 2.24 bits per heavy atom. The smallest absolute Gasteiger partial charge is 0.410 e. The Morgan fingerprint density at radius 2 is 1.59 bits per heavy atom. The van der Waals surface area contributed by atoms with Gasteiger partial charge in [-0.15, -0.1) is 0 Å². The Morgan fingerprint density at radius 1 is 0.966 bits per heavy atom. The van der Waals surface area contributed by atoms with Gasteiger partial charge in [-0.3, -0.25) is 4.90 Å². The standard InChI is InChI=1S/C24H22N2O3/c25-23-10-9-15(13-27)20-11-26(12-21(20)23)24(28)29-14-22-18-7-3-1-5-16(18)17-6-2-4-8-19(17)22/h1-10,22,27H,11-14,25H2. The van der Waals surface area contributed by atoms with Crippen molar-refractivity contribution in [1.29, 1.82) is 0 Å². The number of aliphatic hydroxyl groups is 1. The SMILES string of the molecule is Nc1ccc(CO)c2c1CN(C(=O)OCC1c3ccccc3-c3ccccc31)C2. The molecule has 0 radical (unpaired) electrons. The van der Waals surface area contributed by atoms with E-state index in [0.717, 1.165) is 16.7 Å². The van der Waals surface area contributed by atoms with Crippen LogP contribution < -0.4 is 5.73 Å². The summed E-state index contributed by atoms with van der Waals surface area (Å²) in [5, 5.41) is 9.57. The molecule has 0 spiro atoms. The lowest BCUT2D eigenvalue weighted by atomic mass is 9.98. The van der Waals surface area contributed by atoms with Crippen LogP contribution in [0.1, 0.15) is 33.7 Å². The van der Waals surface area contributed by atoms with E-state index in [0.29, 0.717) is 25.4 Å². The highest BCUT2D eigenvalue weighted by Crippen LogP contribution is 2.44. The molecule has 5 heteroatoms. The second-order valence-corrected chi connectivity index (χ2v) is 7.59. The molecule has 0 fully saturated rings. The fraction of sp³-hybridized carbons (Fsp3) is 0.208. The number of carbonyl (C=O) groups excluding carboxylic acids is 1. The Labute approximate surface area is 169 Å². The van der Waals surface area contributed by atoms with Crippen molar-refractivity contribution in [3.63, 3.8) is 0 Å². The third-order valence-electron chi connectivity index (χ3n) is 6.03. The van der Waals surface area contributed by atoms with Gasteiger partial charge in [-0.05, 0) is 45.0 Å². The number of ether oxygens (including phenoxy) is 1. The molecule has 0 saturated heterocycles. The number of fused-ring (bicyclic) bond motifs is 4. The number of aliphatic hydroxyl groups excluding tert-OH is 1. The average molecular weight is 386 g/mol. The highest BCUT2D eigenvalue weighted by Gasteiger charge is 2.32. The average Bonchev–Trinajstić information content (AvgIpc) is 3.34. The zero-order chi connectivity index (χ0) is 20.0. The molecule has 0 atom stereocenters. The number of nitrogens with two attached hydrogens (primary N) is 1. The molecule has 1 heterocycles. The molecule has 5 nitrogen and oxygen atoms in total. The maximum absolute atomic E-state index is 12.8. The number of anilines is 1. The molecule has 1 aliphatic carbocycles. The first-order valence-electron chi connectivity index (χ1n) is 9.77. The highest BCUT2D eigenvalue weighted by molar-refractivity contribution is 5.79. The molecular formula is C24H22N2O3. The molecule has 3 aromatic carbocycles. The van der Waals surface area contributed by atoms with Gasteiger partial charge in [-0.1, -0.05) is 54.6 Å². The maximum Gasteiger partial charge on any atom is 0.410 e. The number of carbonyl (C=O) groups is 1. The van der Waals surface area contributed by atoms with Gasteiger partial charge in [0.1, 0.15) is 6.61 Å². The van der Waals surface area contributed by atoms with Crippen LogP contribution in [-0.4, -0.2) is 22.7 Å². The Bertz CT molecular complexity index is 1060. The van der Waals surface area contributed by atoms with Gasteiger partial charge in [0, 0.05) is 11.6 Å². The first kappa shape index (κ1) is 17.8. The van der Waals surface area contributed by atoms with E-state index in [-0.39, 0.29) is 18.6 Å². The third-order valence-corrected chi connectivity index (χ3v) is 6.03. The van der Waals surface area contributed by atoms with Crippen LogP contribution in [0.2, 0.25) is 0 Å². The van der Waals surface area contributed by atoms with Crippen LogP contribution >= 0.6 is 0 Å². The van der Waals surface area contributed by atoms with Crippen molar-refractivity contribution in [3.05, 3.63) is 88.5 Å². The zero-order valence-electron chi connectivity index (χ0n) is 16.0. The van der Waals surface area contributed by atoms with Crippen molar-refractivity contribution < 1.29 is 14.6 Å². The molecule has 0 saturated carbocycles.